The highest BCUT2D eigenvalue weighted by atomic mass is 19.4. The molecule has 0 aliphatic heterocycles. The Morgan fingerprint density at radius 1 is 0.739 bits per heavy atom. The molecule has 0 aromatic heterocycles. The molecular formula is C35H11F4N7. The molecule has 3 aromatic rings. The molecule has 46 heavy (non-hydrogen) atoms. The first kappa shape index (κ1) is 30.2. The summed E-state index contributed by atoms with van der Waals surface area (Å²) in [6.07, 6.45) is -5.00. The third kappa shape index (κ3) is 4.37. The summed E-state index contributed by atoms with van der Waals surface area (Å²) in [5.74, 6) is -1.17. The monoisotopic (exact) mass is 605 g/mol. The number of nitriles is 4. The lowest BCUT2D eigenvalue weighted by Gasteiger charge is -2.14. The third-order valence-electron chi connectivity index (χ3n) is 7.49. The van der Waals surface area contributed by atoms with E-state index in [4.69, 9.17) is 19.7 Å². The van der Waals surface area contributed by atoms with Crippen LogP contribution in [0.4, 0.5) is 17.6 Å². The van der Waals surface area contributed by atoms with Crippen molar-refractivity contribution in [1.82, 2.24) is 0 Å². The molecule has 11 heteroatoms. The van der Waals surface area contributed by atoms with Gasteiger partial charge in [0.2, 0.25) is 5.70 Å². The molecule has 0 bridgehead atoms. The van der Waals surface area contributed by atoms with Crippen LogP contribution in [-0.2, 0) is 6.18 Å². The van der Waals surface area contributed by atoms with Gasteiger partial charge in [0.15, 0.2) is 0 Å². The fourth-order valence-corrected chi connectivity index (χ4v) is 5.59. The standard InChI is InChI=1S/C35H11F4N7/c1-17-5-7-18(8-6-17)28-29(25(15-42)44-2)22-12-21-23(14-41)27(19-9-10-20(13-40)24(11-19)35(37,38)39)32(26(16-43)45-3)30(21)33(36)31(22)34(28)46-4/h5-12H,1H3/b29-25-,32-26-. The Morgan fingerprint density at radius 3 is 1.87 bits per heavy atom. The van der Waals surface area contributed by atoms with E-state index in [-0.39, 0.29) is 44.7 Å². The molecule has 3 aromatic carbocycles. The average molecular weight is 606 g/mol. The molecule has 0 N–H and O–H groups in total. The summed E-state index contributed by atoms with van der Waals surface area (Å²) in [6.45, 7) is 25.0. The molecular weight excluding hydrogens is 594 g/mol. The van der Waals surface area contributed by atoms with E-state index in [1.54, 1.807) is 36.4 Å². The lowest BCUT2D eigenvalue weighted by atomic mass is 9.90. The molecule has 0 saturated heterocycles. The largest absolute Gasteiger partial charge is 0.417 e. The Morgan fingerprint density at radius 2 is 1.35 bits per heavy atom. The quantitative estimate of drug-likeness (QED) is 0.166. The van der Waals surface area contributed by atoms with E-state index in [1.807, 2.05) is 13.0 Å². The molecule has 0 atom stereocenters. The predicted octanol–water partition coefficient (Wildman–Crippen LogP) is 8.58. The lowest BCUT2D eigenvalue weighted by molar-refractivity contribution is -0.137. The van der Waals surface area contributed by atoms with Gasteiger partial charge in [-0.2, -0.15) is 23.7 Å². The smallest absolute Gasteiger partial charge is 0.237 e. The number of fused-ring (bicyclic) bond motifs is 2. The minimum Gasteiger partial charge on any atom is -0.237 e. The van der Waals surface area contributed by atoms with Gasteiger partial charge in [0.05, 0.1) is 54.6 Å². The number of hydrogen-bond donors (Lipinski definition) is 0. The van der Waals surface area contributed by atoms with Crippen molar-refractivity contribution >= 4 is 33.6 Å². The number of aryl methyl sites for hydroxylation is 1. The van der Waals surface area contributed by atoms with E-state index < -0.39 is 51.2 Å². The summed E-state index contributed by atoms with van der Waals surface area (Å²) in [5.41, 5.74) is -4.98. The SMILES string of the molecule is [C-]#[N+]C1=C(c2ccc(C)cc2)/C(=C(/C#N)[N+]#[C-])c2cc3c(c(F)c21)/C(=C(/C#N)[N+]#[C-])C(c1ccc(C#N)c(C(F)(F)F)c1)=C3C#N. The molecule has 0 spiro atoms. The fraction of sp³-hybridized carbons (Fsp3) is 0.0571. The van der Waals surface area contributed by atoms with Crippen LogP contribution >= 0.6 is 0 Å². The first-order valence-corrected chi connectivity index (χ1v) is 12.9. The van der Waals surface area contributed by atoms with Crippen LogP contribution in [0.3, 0.4) is 0 Å². The van der Waals surface area contributed by atoms with Crippen LogP contribution in [0.15, 0.2) is 59.9 Å². The van der Waals surface area contributed by atoms with Gasteiger partial charge in [0, 0.05) is 22.3 Å². The van der Waals surface area contributed by atoms with E-state index in [0.717, 1.165) is 17.7 Å². The van der Waals surface area contributed by atoms with Crippen molar-refractivity contribution in [2.75, 3.05) is 0 Å². The highest BCUT2D eigenvalue weighted by Gasteiger charge is 2.41. The van der Waals surface area contributed by atoms with Gasteiger partial charge in [0.1, 0.15) is 11.9 Å². The van der Waals surface area contributed by atoms with Crippen molar-refractivity contribution in [3.63, 3.8) is 0 Å². The molecule has 0 heterocycles. The van der Waals surface area contributed by atoms with Crippen molar-refractivity contribution in [3.05, 3.63) is 150 Å². The zero-order chi connectivity index (χ0) is 33.5. The van der Waals surface area contributed by atoms with Crippen molar-refractivity contribution in [1.29, 1.82) is 21.0 Å². The van der Waals surface area contributed by atoms with E-state index in [2.05, 4.69) is 14.5 Å². The molecule has 0 unspecified atom stereocenters. The molecule has 0 radical (unpaired) electrons. The zero-order valence-electron chi connectivity index (χ0n) is 23.3. The van der Waals surface area contributed by atoms with E-state index in [1.165, 1.54) is 12.1 Å². The second-order valence-corrected chi connectivity index (χ2v) is 9.86. The first-order valence-electron chi connectivity index (χ1n) is 12.9. The zero-order valence-corrected chi connectivity index (χ0v) is 23.3. The Bertz CT molecular complexity index is 2340. The van der Waals surface area contributed by atoms with Crippen molar-refractivity contribution in [2.24, 2.45) is 0 Å². The third-order valence-corrected chi connectivity index (χ3v) is 7.49. The summed E-state index contributed by atoms with van der Waals surface area (Å²) in [5, 5.41) is 39.3. The molecule has 2 aliphatic rings. The second-order valence-electron chi connectivity index (χ2n) is 9.86. The summed E-state index contributed by atoms with van der Waals surface area (Å²) in [4.78, 5) is 10.0. The fourth-order valence-electron chi connectivity index (χ4n) is 5.59. The number of nitrogens with zero attached hydrogens (tertiary/aromatic N) is 7. The Labute approximate surface area is 259 Å². The minimum absolute atomic E-state index is 0.0799. The number of rotatable bonds is 2. The van der Waals surface area contributed by atoms with Gasteiger partial charge in [-0.05, 0) is 58.5 Å². The van der Waals surface area contributed by atoms with Crippen molar-refractivity contribution in [2.45, 2.75) is 13.1 Å². The number of benzene rings is 3. The topological polar surface area (TPSA) is 108 Å². The van der Waals surface area contributed by atoms with Crippen LogP contribution in [0.1, 0.15) is 50.1 Å². The maximum atomic E-state index is 17.0. The second kappa shape index (κ2) is 11.1. The van der Waals surface area contributed by atoms with Crippen LogP contribution in [0.25, 0.3) is 48.1 Å². The molecule has 5 rings (SSSR count). The van der Waals surface area contributed by atoms with Gasteiger partial charge in [-0.15, -0.1) is 0 Å². The van der Waals surface area contributed by atoms with Crippen LogP contribution < -0.4 is 0 Å². The molecule has 0 fully saturated rings. The summed E-state index contributed by atoms with van der Waals surface area (Å²) in [7, 11) is 0. The van der Waals surface area contributed by atoms with Gasteiger partial charge >= 0.3 is 6.18 Å². The van der Waals surface area contributed by atoms with Crippen LogP contribution in [-0.4, -0.2) is 0 Å². The van der Waals surface area contributed by atoms with Crippen molar-refractivity contribution in [3.8, 4) is 24.3 Å². The Kier molecular flexibility index (Phi) is 7.31. The van der Waals surface area contributed by atoms with Gasteiger partial charge in [-0.25, -0.2) is 29.4 Å². The summed E-state index contributed by atoms with van der Waals surface area (Å²) in [6, 6.07) is 17.2. The van der Waals surface area contributed by atoms with E-state index in [9.17, 15) is 34.2 Å². The first-order chi connectivity index (χ1) is 22.0. The summed E-state index contributed by atoms with van der Waals surface area (Å²) >= 11 is 0. The Balaban J connectivity index is 1.97. The normalized spacial score (nSPS) is 15.3. The van der Waals surface area contributed by atoms with Crippen LogP contribution in [0.5, 0.6) is 0 Å². The van der Waals surface area contributed by atoms with E-state index in [0.29, 0.717) is 11.6 Å². The Hall–Kier alpha value is -7.23. The lowest BCUT2D eigenvalue weighted by Crippen LogP contribution is -2.08. The molecule has 214 valence electrons. The maximum Gasteiger partial charge on any atom is 0.417 e. The molecule has 2 aliphatic carbocycles. The number of allylic oxidation sites excluding steroid dienone is 7. The summed E-state index contributed by atoms with van der Waals surface area (Å²) < 4.78 is 58.8. The van der Waals surface area contributed by atoms with Crippen molar-refractivity contribution < 1.29 is 17.6 Å². The van der Waals surface area contributed by atoms with Crippen LogP contribution in [0, 0.1) is 77.8 Å². The van der Waals surface area contributed by atoms with Crippen LogP contribution in [0.2, 0.25) is 0 Å². The van der Waals surface area contributed by atoms with Gasteiger partial charge in [0.25, 0.3) is 11.4 Å². The number of halogens is 4. The maximum absolute atomic E-state index is 17.0. The highest BCUT2D eigenvalue weighted by molar-refractivity contribution is 6.29. The minimum atomic E-state index is -5.00. The molecule has 0 amide bonds. The molecule has 0 saturated carbocycles. The number of alkyl halides is 3. The van der Waals surface area contributed by atoms with Gasteiger partial charge in [-0.3, -0.25) is 0 Å². The van der Waals surface area contributed by atoms with E-state index >= 15 is 4.39 Å². The highest BCUT2D eigenvalue weighted by Crippen LogP contribution is 2.56. The van der Waals surface area contributed by atoms with Gasteiger partial charge in [-0.1, -0.05) is 35.9 Å². The average Bonchev–Trinajstić information content (AvgIpc) is 3.55. The van der Waals surface area contributed by atoms with Gasteiger partial charge < -0.3 is 0 Å². The predicted molar refractivity (Wildman–Crippen MR) is 158 cm³/mol. The number of hydrogen-bond acceptors (Lipinski definition) is 4. The molecule has 7 nitrogen and oxygen atoms in total.